The van der Waals surface area contributed by atoms with E-state index in [-0.39, 0.29) is 30.0 Å². The number of nitrogens with zero attached hydrogens (tertiary/aromatic N) is 3. The van der Waals surface area contributed by atoms with Crippen LogP contribution in [0, 0.1) is 11.7 Å². The third kappa shape index (κ3) is 4.17. The first kappa shape index (κ1) is 18.1. The number of morpholine rings is 1. The number of hydrogen-bond donors (Lipinski definition) is 1. The molecule has 1 unspecified atom stereocenters. The molecule has 1 atom stereocenters. The van der Waals surface area contributed by atoms with Gasteiger partial charge in [-0.3, -0.25) is 14.2 Å². The summed E-state index contributed by atoms with van der Waals surface area (Å²) in [5.74, 6) is -0.0335. The van der Waals surface area contributed by atoms with E-state index in [0.717, 1.165) is 32.5 Å². The Bertz CT molecular complexity index is 882. The monoisotopic (exact) mass is 374 g/mol. The number of rotatable bonds is 4. The molecule has 2 fully saturated rings. The van der Waals surface area contributed by atoms with E-state index >= 15 is 0 Å². The lowest BCUT2D eigenvalue weighted by atomic mass is 9.96. The summed E-state index contributed by atoms with van der Waals surface area (Å²) in [6.45, 7) is 4.04. The second-order valence-corrected chi connectivity index (χ2v) is 7.34. The van der Waals surface area contributed by atoms with E-state index in [2.05, 4.69) is 15.2 Å². The summed E-state index contributed by atoms with van der Waals surface area (Å²) in [5.41, 5.74) is 0.277. The van der Waals surface area contributed by atoms with Crippen molar-refractivity contribution >= 4 is 16.8 Å². The molecule has 0 saturated carbocycles. The van der Waals surface area contributed by atoms with Crippen LogP contribution in [0.2, 0.25) is 0 Å². The first-order valence-corrected chi connectivity index (χ1v) is 9.34. The van der Waals surface area contributed by atoms with Crippen LogP contribution >= 0.6 is 0 Å². The molecule has 1 aromatic heterocycles. The van der Waals surface area contributed by atoms with Gasteiger partial charge in [0.15, 0.2) is 0 Å². The molecule has 0 radical (unpaired) electrons. The Labute approximate surface area is 156 Å². The number of aromatic nitrogens is 2. The Hall–Kier alpha value is -2.32. The highest BCUT2D eigenvalue weighted by atomic mass is 19.1. The summed E-state index contributed by atoms with van der Waals surface area (Å²) >= 11 is 0. The summed E-state index contributed by atoms with van der Waals surface area (Å²) in [7, 11) is 0. The zero-order valence-corrected chi connectivity index (χ0v) is 15.1. The Morgan fingerprint density at radius 1 is 1.22 bits per heavy atom. The summed E-state index contributed by atoms with van der Waals surface area (Å²) in [4.78, 5) is 30.3. The molecule has 2 saturated heterocycles. The number of benzene rings is 1. The molecule has 144 valence electrons. The van der Waals surface area contributed by atoms with E-state index in [0.29, 0.717) is 29.9 Å². The van der Waals surface area contributed by atoms with Crippen LogP contribution < -0.4 is 10.9 Å². The lowest BCUT2D eigenvalue weighted by molar-refractivity contribution is -0.134. The van der Waals surface area contributed by atoms with Crippen molar-refractivity contribution in [3.8, 4) is 0 Å². The molecule has 8 heteroatoms. The molecule has 1 aromatic carbocycles. The maximum atomic E-state index is 13.3. The van der Waals surface area contributed by atoms with Crippen molar-refractivity contribution in [1.29, 1.82) is 0 Å². The van der Waals surface area contributed by atoms with Crippen LogP contribution in [0.4, 0.5) is 4.39 Å². The van der Waals surface area contributed by atoms with Gasteiger partial charge >= 0.3 is 0 Å². The number of carbonyl (C=O) groups is 1. The van der Waals surface area contributed by atoms with Gasteiger partial charge in [0, 0.05) is 25.7 Å². The highest BCUT2D eigenvalue weighted by Gasteiger charge is 2.25. The number of carbonyl (C=O) groups excluding carboxylic acids is 1. The summed E-state index contributed by atoms with van der Waals surface area (Å²) < 4.78 is 20.5. The number of nitrogens with one attached hydrogen (secondary N) is 1. The summed E-state index contributed by atoms with van der Waals surface area (Å²) in [5, 5.41) is 3.28. The average Bonchev–Trinajstić information content (AvgIpc) is 2.67. The van der Waals surface area contributed by atoms with Gasteiger partial charge in [-0.25, -0.2) is 9.37 Å². The van der Waals surface area contributed by atoms with Gasteiger partial charge < -0.3 is 15.0 Å². The molecular weight excluding hydrogens is 351 g/mol. The molecular formula is C19H23FN4O3. The van der Waals surface area contributed by atoms with Crippen molar-refractivity contribution in [3.63, 3.8) is 0 Å². The molecule has 2 aromatic rings. The number of hydrogen-bond acceptors (Lipinski definition) is 5. The number of amides is 1. The van der Waals surface area contributed by atoms with Crippen LogP contribution in [0.1, 0.15) is 12.8 Å². The van der Waals surface area contributed by atoms with Gasteiger partial charge in [-0.2, -0.15) is 0 Å². The van der Waals surface area contributed by atoms with Gasteiger partial charge in [0.1, 0.15) is 12.4 Å². The van der Waals surface area contributed by atoms with Gasteiger partial charge in [0.05, 0.1) is 23.3 Å². The second kappa shape index (κ2) is 7.74. The van der Waals surface area contributed by atoms with Crippen molar-refractivity contribution in [1.82, 2.24) is 19.8 Å². The van der Waals surface area contributed by atoms with Gasteiger partial charge in [-0.05, 0) is 44.0 Å². The highest BCUT2D eigenvalue weighted by molar-refractivity contribution is 5.78. The van der Waals surface area contributed by atoms with E-state index in [1.807, 2.05) is 0 Å². The Kier molecular flexibility index (Phi) is 5.18. The minimum atomic E-state index is -0.388. The summed E-state index contributed by atoms with van der Waals surface area (Å²) in [6.07, 6.45) is 3.56. The zero-order valence-electron chi connectivity index (χ0n) is 15.1. The predicted octanol–water partition coefficient (Wildman–Crippen LogP) is 0.763. The fraction of sp³-hybridized carbons (Fsp3) is 0.526. The van der Waals surface area contributed by atoms with E-state index in [1.165, 1.54) is 24.5 Å². The normalized spacial score (nSPS) is 22.1. The molecule has 2 aliphatic heterocycles. The van der Waals surface area contributed by atoms with Crippen LogP contribution in [0.3, 0.4) is 0 Å². The number of fused-ring (bicyclic) bond motifs is 1. The predicted molar refractivity (Wildman–Crippen MR) is 97.9 cm³/mol. The molecule has 1 N–H and O–H groups in total. The molecule has 2 aliphatic rings. The number of halogens is 1. The maximum absolute atomic E-state index is 13.3. The Morgan fingerprint density at radius 2 is 2.04 bits per heavy atom. The minimum absolute atomic E-state index is 0.0481. The van der Waals surface area contributed by atoms with E-state index < -0.39 is 0 Å². The van der Waals surface area contributed by atoms with Crippen LogP contribution in [0.15, 0.2) is 29.3 Å². The zero-order chi connectivity index (χ0) is 18.8. The largest absolute Gasteiger partial charge is 0.365 e. The fourth-order valence-corrected chi connectivity index (χ4v) is 3.83. The third-order valence-corrected chi connectivity index (χ3v) is 5.39. The second-order valence-electron chi connectivity index (χ2n) is 7.34. The molecule has 1 amide bonds. The van der Waals surface area contributed by atoms with Crippen molar-refractivity contribution < 1.29 is 13.9 Å². The van der Waals surface area contributed by atoms with Crippen LogP contribution in [0.5, 0.6) is 0 Å². The average molecular weight is 374 g/mol. The Balaban J connectivity index is 1.33. The van der Waals surface area contributed by atoms with Crippen molar-refractivity contribution in [2.24, 2.45) is 5.92 Å². The van der Waals surface area contributed by atoms with Crippen LogP contribution in [-0.2, 0) is 16.1 Å². The van der Waals surface area contributed by atoms with Gasteiger partial charge in [-0.15, -0.1) is 0 Å². The highest BCUT2D eigenvalue weighted by Crippen LogP contribution is 2.19. The van der Waals surface area contributed by atoms with Gasteiger partial charge in [0.2, 0.25) is 5.91 Å². The van der Waals surface area contributed by atoms with Crippen molar-refractivity contribution in [3.05, 3.63) is 40.7 Å². The van der Waals surface area contributed by atoms with E-state index in [4.69, 9.17) is 4.74 Å². The van der Waals surface area contributed by atoms with Crippen LogP contribution in [-0.4, -0.2) is 59.2 Å². The van der Waals surface area contributed by atoms with E-state index in [9.17, 15) is 14.0 Å². The Morgan fingerprint density at radius 3 is 2.78 bits per heavy atom. The molecule has 0 spiro atoms. The molecule has 0 aliphatic carbocycles. The quantitative estimate of drug-likeness (QED) is 0.855. The number of ether oxygens (including phenoxy) is 1. The number of likely N-dealkylation sites (tertiary alicyclic amines) is 1. The third-order valence-electron chi connectivity index (χ3n) is 5.39. The topological polar surface area (TPSA) is 76.5 Å². The van der Waals surface area contributed by atoms with Crippen molar-refractivity contribution in [2.75, 3.05) is 32.8 Å². The lowest BCUT2D eigenvalue weighted by Crippen LogP contribution is -2.49. The standard InChI is InChI=1S/C19H23FN4O3/c20-14-1-2-16-17(7-14)22-12-24(19(16)26)9-13-3-5-23(6-4-13)10-15-8-21-18(25)11-27-15/h1-2,7,12-13,15H,3-6,8-11H2,(H,21,25). The van der Waals surface area contributed by atoms with Gasteiger partial charge in [-0.1, -0.05) is 0 Å². The SMILES string of the molecule is O=C1COC(CN2CCC(Cn3cnc4cc(F)ccc4c3=O)CC2)CN1. The van der Waals surface area contributed by atoms with Gasteiger partial charge in [0.25, 0.3) is 5.56 Å². The van der Waals surface area contributed by atoms with E-state index in [1.54, 1.807) is 4.57 Å². The molecule has 7 nitrogen and oxygen atoms in total. The smallest absolute Gasteiger partial charge is 0.261 e. The van der Waals surface area contributed by atoms with Crippen LogP contribution in [0.25, 0.3) is 10.9 Å². The van der Waals surface area contributed by atoms with Crippen molar-refractivity contribution in [2.45, 2.75) is 25.5 Å². The first-order valence-electron chi connectivity index (χ1n) is 9.34. The lowest BCUT2D eigenvalue weighted by Gasteiger charge is -2.35. The minimum Gasteiger partial charge on any atom is -0.365 e. The first-order chi connectivity index (χ1) is 13.1. The maximum Gasteiger partial charge on any atom is 0.261 e. The number of piperidine rings is 1. The molecule has 3 heterocycles. The molecule has 27 heavy (non-hydrogen) atoms. The summed E-state index contributed by atoms with van der Waals surface area (Å²) in [6, 6.07) is 4.08. The fourth-order valence-electron chi connectivity index (χ4n) is 3.83. The molecule has 4 rings (SSSR count). The molecule has 0 bridgehead atoms.